The van der Waals surface area contributed by atoms with Crippen molar-refractivity contribution in [2.24, 2.45) is 0 Å². The summed E-state index contributed by atoms with van der Waals surface area (Å²) in [5, 5.41) is 2.64. The zero-order chi connectivity index (χ0) is 13.8. The Morgan fingerprint density at radius 2 is 1.67 bits per heavy atom. The fourth-order valence-corrected chi connectivity index (χ4v) is 1.63. The van der Waals surface area contributed by atoms with Crippen molar-refractivity contribution in [1.29, 1.82) is 0 Å². The maximum absolute atomic E-state index is 13.0. The monoisotopic (exact) mass is 267 g/mol. The largest absolute Gasteiger partial charge is 0.390 e. The molecule has 1 unspecified atom stereocenters. The van der Waals surface area contributed by atoms with Gasteiger partial charge in [0.15, 0.2) is 0 Å². The number of hydrogen-bond donors (Lipinski definition) is 1. The van der Waals surface area contributed by atoms with Gasteiger partial charge in [0.05, 0.1) is 6.42 Å². The SMILES string of the molecule is CCCNC(CC(F)(F)F)c1cc(F)cc(F)c1. The van der Waals surface area contributed by atoms with E-state index in [-0.39, 0.29) is 5.56 Å². The Labute approximate surface area is 102 Å². The van der Waals surface area contributed by atoms with Crippen molar-refractivity contribution in [2.75, 3.05) is 6.54 Å². The molecule has 1 aromatic carbocycles. The number of halogens is 5. The molecule has 1 nitrogen and oxygen atoms in total. The third-order valence-corrected chi connectivity index (χ3v) is 2.36. The van der Waals surface area contributed by atoms with E-state index in [1.54, 1.807) is 6.92 Å². The smallest absolute Gasteiger partial charge is 0.310 e. The van der Waals surface area contributed by atoms with E-state index in [0.717, 1.165) is 12.1 Å². The highest BCUT2D eigenvalue weighted by Gasteiger charge is 2.32. The Morgan fingerprint density at radius 1 is 1.11 bits per heavy atom. The van der Waals surface area contributed by atoms with Gasteiger partial charge in [0, 0.05) is 12.1 Å². The zero-order valence-corrected chi connectivity index (χ0v) is 9.82. The van der Waals surface area contributed by atoms with E-state index in [1.165, 1.54) is 0 Å². The maximum Gasteiger partial charge on any atom is 0.390 e. The number of rotatable bonds is 5. The van der Waals surface area contributed by atoms with Crippen LogP contribution >= 0.6 is 0 Å². The van der Waals surface area contributed by atoms with Crippen LogP contribution in [0.5, 0.6) is 0 Å². The summed E-state index contributed by atoms with van der Waals surface area (Å²) in [7, 11) is 0. The summed E-state index contributed by atoms with van der Waals surface area (Å²) in [4.78, 5) is 0. The molecule has 102 valence electrons. The van der Waals surface area contributed by atoms with Gasteiger partial charge in [0.1, 0.15) is 11.6 Å². The van der Waals surface area contributed by atoms with Crippen LogP contribution in [0.4, 0.5) is 22.0 Å². The normalized spacial score (nSPS) is 13.7. The Morgan fingerprint density at radius 3 is 2.11 bits per heavy atom. The van der Waals surface area contributed by atoms with Crippen molar-refractivity contribution < 1.29 is 22.0 Å². The maximum atomic E-state index is 13.0. The summed E-state index contributed by atoms with van der Waals surface area (Å²) in [6, 6.07) is 1.34. The van der Waals surface area contributed by atoms with Crippen LogP contribution in [-0.4, -0.2) is 12.7 Å². The molecule has 1 rings (SSSR count). The highest BCUT2D eigenvalue weighted by Crippen LogP contribution is 2.30. The number of nitrogens with one attached hydrogen (secondary N) is 1. The van der Waals surface area contributed by atoms with Crippen LogP contribution in [0, 0.1) is 11.6 Å². The summed E-state index contributed by atoms with van der Waals surface area (Å²) < 4.78 is 63.2. The van der Waals surface area contributed by atoms with Gasteiger partial charge in [-0.05, 0) is 30.7 Å². The summed E-state index contributed by atoms with van der Waals surface area (Å²) in [6.45, 7) is 2.14. The van der Waals surface area contributed by atoms with Crippen LogP contribution < -0.4 is 5.32 Å². The minimum Gasteiger partial charge on any atom is -0.310 e. The quantitative estimate of drug-likeness (QED) is 0.796. The van der Waals surface area contributed by atoms with Crippen LogP contribution in [0.15, 0.2) is 18.2 Å². The molecule has 1 atom stereocenters. The average Bonchev–Trinajstić information content (AvgIpc) is 2.21. The molecule has 0 heterocycles. The van der Waals surface area contributed by atoms with Gasteiger partial charge in [-0.2, -0.15) is 13.2 Å². The van der Waals surface area contributed by atoms with Gasteiger partial charge in [0.25, 0.3) is 0 Å². The van der Waals surface area contributed by atoms with Crippen molar-refractivity contribution in [3.63, 3.8) is 0 Å². The van der Waals surface area contributed by atoms with Crippen molar-refractivity contribution >= 4 is 0 Å². The Bertz CT molecular complexity index is 368. The highest BCUT2D eigenvalue weighted by atomic mass is 19.4. The summed E-state index contributed by atoms with van der Waals surface area (Å²) in [6.07, 6.45) is -4.92. The molecule has 0 aromatic heterocycles. The highest BCUT2D eigenvalue weighted by molar-refractivity contribution is 5.21. The Hall–Kier alpha value is -1.17. The van der Waals surface area contributed by atoms with Gasteiger partial charge >= 0.3 is 6.18 Å². The molecule has 0 radical (unpaired) electrons. The second-order valence-electron chi connectivity index (χ2n) is 4.03. The second kappa shape index (κ2) is 6.13. The molecule has 0 spiro atoms. The lowest BCUT2D eigenvalue weighted by atomic mass is 10.0. The van der Waals surface area contributed by atoms with Crippen LogP contribution in [0.2, 0.25) is 0 Å². The van der Waals surface area contributed by atoms with Gasteiger partial charge in [-0.25, -0.2) is 8.78 Å². The number of alkyl halides is 3. The Balaban J connectivity index is 2.93. The standard InChI is InChI=1S/C12H14F5N/c1-2-3-18-11(7-12(15,16)17)8-4-9(13)6-10(14)5-8/h4-6,11,18H,2-3,7H2,1H3. The van der Waals surface area contributed by atoms with E-state index in [9.17, 15) is 22.0 Å². The molecule has 0 saturated heterocycles. The van der Waals surface area contributed by atoms with E-state index < -0.39 is 30.3 Å². The molecule has 0 aliphatic heterocycles. The third kappa shape index (κ3) is 5.00. The van der Waals surface area contributed by atoms with E-state index in [0.29, 0.717) is 19.0 Å². The zero-order valence-electron chi connectivity index (χ0n) is 9.82. The van der Waals surface area contributed by atoms with Gasteiger partial charge in [-0.15, -0.1) is 0 Å². The van der Waals surface area contributed by atoms with Crippen LogP contribution in [0.3, 0.4) is 0 Å². The van der Waals surface area contributed by atoms with E-state index in [1.807, 2.05) is 0 Å². The van der Waals surface area contributed by atoms with E-state index in [2.05, 4.69) is 5.32 Å². The number of benzene rings is 1. The number of hydrogen-bond acceptors (Lipinski definition) is 1. The molecule has 0 bridgehead atoms. The van der Waals surface area contributed by atoms with Crippen LogP contribution in [0.25, 0.3) is 0 Å². The lowest BCUT2D eigenvalue weighted by Gasteiger charge is -2.20. The fourth-order valence-electron chi connectivity index (χ4n) is 1.63. The summed E-state index contributed by atoms with van der Waals surface area (Å²) in [5.41, 5.74) is -0.0294. The van der Waals surface area contributed by atoms with Gasteiger partial charge in [-0.3, -0.25) is 0 Å². The molecule has 0 aliphatic rings. The first-order chi connectivity index (χ1) is 8.31. The summed E-state index contributed by atoms with van der Waals surface area (Å²) in [5.74, 6) is -1.76. The average molecular weight is 267 g/mol. The van der Waals surface area contributed by atoms with Gasteiger partial charge in [0.2, 0.25) is 0 Å². The predicted molar refractivity (Wildman–Crippen MR) is 58.1 cm³/mol. The minimum atomic E-state index is -4.39. The molecule has 18 heavy (non-hydrogen) atoms. The van der Waals surface area contributed by atoms with Crippen molar-refractivity contribution in [2.45, 2.75) is 32.0 Å². The summed E-state index contributed by atoms with van der Waals surface area (Å²) >= 11 is 0. The third-order valence-electron chi connectivity index (χ3n) is 2.36. The van der Waals surface area contributed by atoms with Gasteiger partial charge in [-0.1, -0.05) is 6.92 Å². The molecule has 0 aliphatic carbocycles. The first-order valence-corrected chi connectivity index (χ1v) is 5.58. The predicted octanol–water partition coefficient (Wildman–Crippen LogP) is 3.96. The van der Waals surface area contributed by atoms with E-state index in [4.69, 9.17) is 0 Å². The molecule has 0 saturated carbocycles. The molecule has 0 fully saturated rings. The lowest BCUT2D eigenvalue weighted by molar-refractivity contribution is -0.140. The van der Waals surface area contributed by atoms with Crippen molar-refractivity contribution in [3.8, 4) is 0 Å². The second-order valence-corrected chi connectivity index (χ2v) is 4.03. The molecular formula is C12H14F5N. The molecular weight excluding hydrogens is 253 g/mol. The topological polar surface area (TPSA) is 12.0 Å². The lowest BCUT2D eigenvalue weighted by Crippen LogP contribution is -2.27. The van der Waals surface area contributed by atoms with Gasteiger partial charge < -0.3 is 5.32 Å². The molecule has 1 aromatic rings. The van der Waals surface area contributed by atoms with Crippen molar-refractivity contribution in [3.05, 3.63) is 35.4 Å². The molecule has 1 N–H and O–H groups in total. The van der Waals surface area contributed by atoms with Crippen LogP contribution in [0.1, 0.15) is 31.4 Å². The van der Waals surface area contributed by atoms with E-state index >= 15 is 0 Å². The molecule has 0 amide bonds. The minimum absolute atomic E-state index is 0.0294. The fraction of sp³-hybridized carbons (Fsp3) is 0.500. The molecule has 6 heteroatoms. The first-order valence-electron chi connectivity index (χ1n) is 5.58. The van der Waals surface area contributed by atoms with Crippen LogP contribution in [-0.2, 0) is 0 Å². The van der Waals surface area contributed by atoms with Crippen molar-refractivity contribution in [1.82, 2.24) is 5.32 Å². The Kier molecular flexibility index (Phi) is 5.07. The first kappa shape index (κ1) is 14.9.